The van der Waals surface area contributed by atoms with Gasteiger partial charge in [0, 0.05) is 37.9 Å². The van der Waals surface area contributed by atoms with Gasteiger partial charge in [0.2, 0.25) is 11.8 Å². The van der Waals surface area contributed by atoms with E-state index in [-0.39, 0.29) is 49.5 Å². The average molecular weight is 474 g/mol. The first-order valence-electron chi connectivity index (χ1n) is 11.2. The summed E-state index contributed by atoms with van der Waals surface area (Å²) >= 11 is 0. The lowest BCUT2D eigenvalue weighted by molar-refractivity contribution is -0.136. The minimum atomic E-state index is -0.980. The molecule has 3 rings (SSSR count). The van der Waals surface area contributed by atoms with Gasteiger partial charge in [0.25, 0.3) is 5.91 Å². The maximum absolute atomic E-state index is 13.8. The van der Waals surface area contributed by atoms with Crippen molar-refractivity contribution in [2.24, 2.45) is 0 Å². The highest BCUT2D eigenvalue weighted by Gasteiger charge is 2.25. The van der Waals surface area contributed by atoms with E-state index in [1.54, 1.807) is 6.07 Å². The van der Waals surface area contributed by atoms with Crippen molar-refractivity contribution in [2.75, 3.05) is 31.6 Å². The highest BCUT2D eigenvalue weighted by atomic mass is 19.1. The molecule has 2 aromatic rings. The molecular formula is C25H29F2N3O4. The van der Waals surface area contributed by atoms with Gasteiger partial charge in [-0.2, -0.15) is 0 Å². The van der Waals surface area contributed by atoms with E-state index in [1.807, 2.05) is 26.0 Å². The van der Waals surface area contributed by atoms with E-state index in [9.17, 15) is 23.2 Å². The van der Waals surface area contributed by atoms with E-state index in [0.717, 1.165) is 36.1 Å². The van der Waals surface area contributed by atoms with Crippen molar-refractivity contribution in [1.29, 1.82) is 0 Å². The zero-order chi connectivity index (χ0) is 24.7. The Morgan fingerprint density at radius 3 is 2.65 bits per heavy atom. The molecule has 1 fully saturated rings. The summed E-state index contributed by atoms with van der Waals surface area (Å²) in [4.78, 5) is 39.2. The summed E-state index contributed by atoms with van der Waals surface area (Å²) in [6.45, 7) is 4.51. The van der Waals surface area contributed by atoms with Crippen molar-refractivity contribution in [3.8, 4) is 0 Å². The Balaban J connectivity index is 1.58. The van der Waals surface area contributed by atoms with E-state index in [4.69, 9.17) is 4.74 Å². The topological polar surface area (TPSA) is 87.7 Å². The second kappa shape index (κ2) is 11.7. The molecule has 1 atom stereocenters. The molecular weight excluding hydrogens is 444 g/mol. The second-order valence-electron chi connectivity index (χ2n) is 8.34. The van der Waals surface area contributed by atoms with E-state index in [0.29, 0.717) is 18.4 Å². The molecule has 0 radical (unpaired) electrons. The molecule has 34 heavy (non-hydrogen) atoms. The Labute approximate surface area is 197 Å². The van der Waals surface area contributed by atoms with Crippen LogP contribution in [0.3, 0.4) is 0 Å². The van der Waals surface area contributed by atoms with Gasteiger partial charge in [-0.05, 0) is 56.0 Å². The number of carbonyl (C=O) groups excluding carboxylic acids is 3. The number of aryl methyl sites for hydroxylation is 1. The number of hydrogen-bond acceptors (Lipinski definition) is 4. The number of rotatable bonds is 9. The van der Waals surface area contributed by atoms with Crippen molar-refractivity contribution in [1.82, 2.24) is 10.2 Å². The molecule has 0 bridgehead atoms. The van der Waals surface area contributed by atoms with Crippen LogP contribution >= 0.6 is 0 Å². The first-order chi connectivity index (χ1) is 16.2. The third-order valence-electron chi connectivity index (χ3n) is 5.81. The van der Waals surface area contributed by atoms with Crippen LogP contribution in [0.1, 0.15) is 40.7 Å². The SMILES string of the molecule is Cc1cccc(NC(=O)CN(C[C@H]2CCCO2)C(=O)CCNC(=O)c2ccc(F)cc2F)c1C. The quantitative estimate of drug-likeness (QED) is 0.585. The van der Waals surface area contributed by atoms with Gasteiger partial charge in [-0.25, -0.2) is 8.78 Å². The minimum Gasteiger partial charge on any atom is -0.376 e. The van der Waals surface area contributed by atoms with E-state index in [2.05, 4.69) is 10.6 Å². The number of ether oxygens (including phenoxy) is 1. The van der Waals surface area contributed by atoms with E-state index < -0.39 is 17.5 Å². The van der Waals surface area contributed by atoms with Crippen LogP contribution in [0, 0.1) is 25.5 Å². The Kier molecular flexibility index (Phi) is 8.70. The molecule has 0 unspecified atom stereocenters. The van der Waals surface area contributed by atoms with Gasteiger partial charge in [0.1, 0.15) is 11.6 Å². The third-order valence-corrected chi connectivity index (χ3v) is 5.81. The van der Waals surface area contributed by atoms with Gasteiger partial charge >= 0.3 is 0 Å². The largest absolute Gasteiger partial charge is 0.376 e. The number of halogens is 2. The smallest absolute Gasteiger partial charge is 0.254 e. The Morgan fingerprint density at radius 1 is 1.15 bits per heavy atom. The number of nitrogens with one attached hydrogen (secondary N) is 2. The molecule has 1 heterocycles. The number of nitrogens with zero attached hydrogens (tertiary/aromatic N) is 1. The van der Waals surface area contributed by atoms with Crippen LogP contribution in [-0.4, -0.2) is 55.0 Å². The average Bonchev–Trinajstić information content (AvgIpc) is 3.29. The van der Waals surface area contributed by atoms with Crippen LogP contribution in [0.5, 0.6) is 0 Å². The van der Waals surface area contributed by atoms with Gasteiger partial charge in [0.05, 0.1) is 18.2 Å². The van der Waals surface area contributed by atoms with Gasteiger partial charge in [-0.15, -0.1) is 0 Å². The Hall–Kier alpha value is -3.33. The predicted molar refractivity (Wildman–Crippen MR) is 123 cm³/mol. The molecule has 182 valence electrons. The van der Waals surface area contributed by atoms with Crippen molar-refractivity contribution in [3.05, 3.63) is 64.7 Å². The maximum Gasteiger partial charge on any atom is 0.254 e. The monoisotopic (exact) mass is 473 g/mol. The van der Waals surface area contributed by atoms with Crippen LogP contribution in [-0.2, 0) is 14.3 Å². The molecule has 0 saturated carbocycles. The summed E-state index contributed by atoms with van der Waals surface area (Å²) < 4.78 is 32.5. The minimum absolute atomic E-state index is 0.0604. The van der Waals surface area contributed by atoms with Gasteiger partial charge in [0.15, 0.2) is 0 Å². The lowest BCUT2D eigenvalue weighted by atomic mass is 10.1. The summed E-state index contributed by atoms with van der Waals surface area (Å²) in [5, 5.41) is 5.32. The number of anilines is 1. The van der Waals surface area contributed by atoms with Crippen LogP contribution in [0.25, 0.3) is 0 Å². The molecule has 9 heteroatoms. The molecule has 1 aliphatic rings. The second-order valence-corrected chi connectivity index (χ2v) is 8.34. The van der Waals surface area contributed by atoms with Crippen LogP contribution < -0.4 is 10.6 Å². The van der Waals surface area contributed by atoms with Crippen LogP contribution in [0.15, 0.2) is 36.4 Å². The lowest BCUT2D eigenvalue weighted by Gasteiger charge is -2.25. The molecule has 7 nitrogen and oxygen atoms in total. The standard InChI is InChI=1S/C25H29F2N3O4/c1-16-5-3-7-22(17(16)2)29-23(31)15-30(14-19-6-4-12-34-19)24(32)10-11-28-25(33)20-9-8-18(26)13-21(20)27/h3,5,7-9,13,19H,4,6,10-12,14-15H2,1-2H3,(H,28,33)(H,29,31)/t19-/m1/s1. The Morgan fingerprint density at radius 2 is 1.94 bits per heavy atom. The molecule has 3 amide bonds. The summed E-state index contributed by atoms with van der Waals surface area (Å²) in [6, 6.07) is 8.25. The summed E-state index contributed by atoms with van der Waals surface area (Å²) in [5.41, 5.74) is 2.36. The van der Waals surface area contributed by atoms with Gasteiger partial charge < -0.3 is 20.3 Å². The Bertz CT molecular complexity index is 1050. The zero-order valence-corrected chi connectivity index (χ0v) is 19.3. The van der Waals surface area contributed by atoms with Crippen LogP contribution in [0.2, 0.25) is 0 Å². The number of carbonyl (C=O) groups is 3. The molecule has 0 spiro atoms. The fraction of sp³-hybridized carbons (Fsp3) is 0.400. The van der Waals surface area contributed by atoms with Crippen molar-refractivity contribution >= 4 is 23.4 Å². The molecule has 1 saturated heterocycles. The predicted octanol–water partition coefficient (Wildman–Crippen LogP) is 3.35. The van der Waals surface area contributed by atoms with Crippen molar-refractivity contribution in [3.63, 3.8) is 0 Å². The lowest BCUT2D eigenvalue weighted by Crippen LogP contribution is -2.43. The number of amides is 3. The summed E-state index contributed by atoms with van der Waals surface area (Å²) in [6.07, 6.45) is 1.45. The highest BCUT2D eigenvalue weighted by Crippen LogP contribution is 2.18. The normalized spacial score (nSPS) is 15.1. The number of hydrogen-bond donors (Lipinski definition) is 2. The summed E-state index contributed by atoms with van der Waals surface area (Å²) in [5.74, 6) is -3.19. The van der Waals surface area contributed by atoms with Crippen LogP contribution in [0.4, 0.5) is 14.5 Å². The van der Waals surface area contributed by atoms with Crippen molar-refractivity contribution < 1.29 is 27.9 Å². The third kappa shape index (κ3) is 6.84. The summed E-state index contributed by atoms with van der Waals surface area (Å²) in [7, 11) is 0. The number of benzene rings is 2. The molecule has 2 aromatic carbocycles. The van der Waals surface area contributed by atoms with Crippen molar-refractivity contribution in [2.45, 2.75) is 39.2 Å². The molecule has 2 N–H and O–H groups in total. The molecule has 0 aliphatic carbocycles. The fourth-order valence-electron chi connectivity index (χ4n) is 3.75. The zero-order valence-electron chi connectivity index (χ0n) is 19.3. The first-order valence-corrected chi connectivity index (χ1v) is 11.2. The first kappa shape index (κ1) is 25.3. The fourth-order valence-corrected chi connectivity index (χ4v) is 3.75. The highest BCUT2D eigenvalue weighted by molar-refractivity contribution is 5.96. The van der Waals surface area contributed by atoms with Gasteiger partial charge in [-0.3, -0.25) is 14.4 Å². The van der Waals surface area contributed by atoms with E-state index in [1.165, 1.54) is 4.90 Å². The van der Waals surface area contributed by atoms with E-state index >= 15 is 0 Å². The molecule has 0 aromatic heterocycles. The maximum atomic E-state index is 13.8. The van der Waals surface area contributed by atoms with Gasteiger partial charge in [-0.1, -0.05) is 12.1 Å². The molecule has 1 aliphatic heterocycles.